The zero-order valence-electron chi connectivity index (χ0n) is 13.9. The van der Waals surface area contributed by atoms with Crippen molar-refractivity contribution < 1.29 is 14.7 Å². The Labute approximate surface area is 149 Å². The molecular weight excluding hydrogens is 332 g/mol. The van der Waals surface area contributed by atoms with Crippen molar-refractivity contribution in [3.63, 3.8) is 0 Å². The number of carbonyl (C=O) groups is 2. The van der Waals surface area contributed by atoms with E-state index < -0.39 is 12.0 Å². The summed E-state index contributed by atoms with van der Waals surface area (Å²) >= 11 is 0. The van der Waals surface area contributed by atoms with Crippen molar-refractivity contribution in [2.45, 2.75) is 6.42 Å². The molecule has 0 saturated carbocycles. The van der Waals surface area contributed by atoms with Gasteiger partial charge >= 0.3 is 6.09 Å². The van der Waals surface area contributed by atoms with Gasteiger partial charge < -0.3 is 15.4 Å². The molecule has 7 nitrogen and oxygen atoms in total. The molecule has 1 aromatic carbocycles. The molecule has 3 rings (SSSR count). The van der Waals surface area contributed by atoms with Crippen molar-refractivity contribution in [3.8, 4) is 0 Å². The van der Waals surface area contributed by atoms with E-state index in [2.05, 4.69) is 20.6 Å². The summed E-state index contributed by atoms with van der Waals surface area (Å²) in [4.78, 5) is 30.7. The summed E-state index contributed by atoms with van der Waals surface area (Å²) in [6.45, 7) is 0.350. The number of nitrogens with zero attached hydrogens (tertiary/aromatic N) is 1. The van der Waals surface area contributed by atoms with Crippen LogP contribution >= 0.6 is 0 Å². The molecule has 132 valence electrons. The number of H-pyrrole nitrogens is 1. The van der Waals surface area contributed by atoms with Gasteiger partial charge in [0.15, 0.2) is 0 Å². The van der Waals surface area contributed by atoms with Crippen LogP contribution in [0.2, 0.25) is 0 Å². The predicted octanol–water partition coefficient (Wildman–Crippen LogP) is 2.53. The lowest BCUT2D eigenvalue weighted by molar-refractivity contribution is -0.117. The van der Waals surface area contributed by atoms with E-state index >= 15 is 0 Å². The maximum atomic E-state index is 12.4. The highest BCUT2D eigenvalue weighted by atomic mass is 16.4. The lowest BCUT2D eigenvalue weighted by Crippen LogP contribution is -2.35. The standard InChI is InChI=1S/C19H18N4O3/c24-18(21-10-8-14-5-3-4-9-20-14)17(23-19(25)26)11-13-12-22-16-7-2-1-6-15(13)16/h1-7,9,11-12,22-23H,8,10H2,(H,21,24)(H,25,26)/b17-11-. The highest BCUT2D eigenvalue weighted by molar-refractivity contribution is 6.02. The third kappa shape index (κ3) is 4.27. The minimum atomic E-state index is -1.30. The number of aromatic amines is 1. The number of carboxylic acid groups (broad SMARTS) is 1. The molecule has 0 spiro atoms. The SMILES string of the molecule is O=C(O)N/C(=C\c1c[nH]c2ccccc12)C(=O)NCCc1ccccn1. The van der Waals surface area contributed by atoms with Crippen LogP contribution in [-0.2, 0) is 11.2 Å². The molecule has 3 aromatic rings. The van der Waals surface area contributed by atoms with Gasteiger partial charge in [0.1, 0.15) is 5.70 Å². The number of rotatable bonds is 6. The zero-order valence-corrected chi connectivity index (χ0v) is 13.9. The number of hydrogen-bond acceptors (Lipinski definition) is 3. The molecule has 0 bridgehead atoms. The molecule has 0 aliphatic carbocycles. The summed E-state index contributed by atoms with van der Waals surface area (Å²) < 4.78 is 0. The second-order valence-corrected chi connectivity index (χ2v) is 5.60. The Morgan fingerprint density at radius 2 is 1.96 bits per heavy atom. The molecule has 0 aliphatic rings. The number of hydrogen-bond donors (Lipinski definition) is 4. The van der Waals surface area contributed by atoms with E-state index in [9.17, 15) is 9.59 Å². The first-order valence-corrected chi connectivity index (χ1v) is 8.09. The van der Waals surface area contributed by atoms with E-state index in [1.165, 1.54) is 6.08 Å². The van der Waals surface area contributed by atoms with Gasteiger partial charge in [0.05, 0.1) is 0 Å². The van der Waals surface area contributed by atoms with E-state index in [0.29, 0.717) is 13.0 Å². The second-order valence-electron chi connectivity index (χ2n) is 5.60. The summed E-state index contributed by atoms with van der Waals surface area (Å²) in [5, 5.41) is 14.8. The van der Waals surface area contributed by atoms with Crippen molar-refractivity contribution in [3.05, 3.63) is 71.8 Å². The normalized spacial score (nSPS) is 11.3. The summed E-state index contributed by atoms with van der Waals surface area (Å²) in [6.07, 6.45) is 4.19. The third-order valence-corrected chi connectivity index (χ3v) is 3.80. The molecule has 2 heterocycles. The zero-order chi connectivity index (χ0) is 18.4. The average molecular weight is 350 g/mol. The van der Waals surface area contributed by atoms with Crippen LogP contribution < -0.4 is 10.6 Å². The van der Waals surface area contributed by atoms with Crippen molar-refractivity contribution >= 4 is 29.0 Å². The fraction of sp³-hybridized carbons (Fsp3) is 0.105. The van der Waals surface area contributed by atoms with Gasteiger partial charge in [0.25, 0.3) is 5.91 Å². The number of fused-ring (bicyclic) bond motifs is 1. The molecule has 2 amide bonds. The highest BCUT2D eigenvalue weighted by Gasteiger charge is 2.13. The Hall–Kier alpha value is -3.61. The Morgan fingerprint density at radius 3 is 2.73 bits per heavy atom. The lowest BCUT2D eigenvalue weighted by Gasteiger charge is -2.08. The van der Waals surface area contributed by atoms with Gasteiger partial charge in [0.2, 0.25) is 0 Å². The molecule has 0 atom stereocenters. The van der Waals surface area contributed by atoms with Crippen molar-refractivity contribution in [2.24, 2.45) is 0 Å². The van der Waals surface area contributed by atoms with Crippen LogP contribution in [0.4, 0.5) is 4.79 Å². The fourth-order valence-corrected chi connectivity index (χ4v) is 2.59. The van der Waals surface area contributed by atoms with Crippen molar-refractivity contribution in [2.75, 3.05) is 6.54 Å². The largest absolute Gasteiger partial charge is 0.465 e. The smallest absolute Gasteiger partial charge is 0.409 e. The summed E-state index contributed by atoms with van der Waals surface area (Å²) in [5.41, 5.74) is 2.44. The van der Waals surface area contributed by atoms with Crippen LogP contribution in [0.25, 0.3) is 17.0 Å². The van der Waals surface area contributed by atoms with Crippen molar-refractivity contribution in [1.29, 1.82) is 0 Å². The Bertz CT molecular complexity index is 948. The first-order valence-electron chi connectivity index (χ1n) is 8.09. The van der Waals surface area contributed by atoms with Gasteiger partial charge in [-0.25, -0.2) is 4.79 Å². The molecular formula is C19H18N4O3. The first-order chi connectivity index (χ1) is 12.6. The summed E-state index contributed by atoms with van der Waals surface area (Å²) in [6, 6.07) is 13.1. The minimum absolute atomic E-state index is 0.0386. The number of benzene rings is 1. The highest BCUT2D eigenvalue weighted by Crippen LogP contribution is 2.19. The van der Waals surface area contributed by atoms with Crippen LogP contribution in [-0.4, -0.2) is 33.6 Å². The molecule has 0 aliphatic heterocycles. The van der Waals surface area contributed by atoms with Crippen molar-refractivity contribution in [1.82, 2.24) is 20.6 Å². The van der Waals surface area contributed by atoms with Gasteiger partial charge in [-0.3, -0.25) is 15.1 Å². The minimum Gasteiger partial charge on any atom is -0.465 e. The van der Waals surface area contributed by atoms with Gasteiger partial charge in [0, 0.05) is 47.5 Å². The first kappa shape index (κ1) is 17.2. The van der Waals surface area contributed by atoms with Crippen LogP contribution in [0.5, 0.6) is 0 Å². The van der Waals surface area contributed by atoms with E-state index in [-0.39, 0.29) is 5.70 Å². The van der Waals surface area contributed by atoms with Crippen LogP contribution in [0.1, 0.15) is 11.3 Å². The average Bonchev–Trinajstić information content (AvgIpc) is 3.05. The maximum Gasteiger partial charge on any atom is 0.409 e. The number of para-hydroxylation sites is 1. The van der Waals surface area contributed by atoms with Crippen LogP contribution in [0, 0.1) is 0 Å². The Morgan fingerprint density at radius 1 is 1.15 bits per heavy atom. The summed E-state index contributed by atoms with van der Waals surface area (Å²) in [5.74, 6) is -0.492. The predicted molar refractivity (Wildman–Crippen MR) is 98.4 cm³/mol. The fourth-order valence-electron chi connectivity index (χ4n) is 2.59. The van der Waals surface area contributed by atoms with E-state index in [0.717, 1.165) is 22.2 Å². The number of carbonyl (C=O) groups excluding carboxylic acids is 1. The molecule has 2 aromatic heterocycles. The topological polar surface area (TPSA) is 107 Å². The van der Waals surface area contributed by atoms with Crippen LogP contribution in [0.3, 0.4) is 0 Å². The molecule has 0 fully saturated rings. The van der Waals surface area contributed by atoms with Crippen LogP contribution in [0.15, 0.2) is 60.6 Å². The molecule has 0 saturated heterocycles. The Kier molecular flexibility index (Phi) is 5.28. The number of aromatic nitrogens is 2. The Balaban J connectivity index is 1.74. The molecule has 4 N–H and O–H groups in total. The summed E-state index contributed by atoms with van der Waals surface area (Å²) in [7, 11) is 0. The molecule has 26 heavy (non-hydrogen) atoms. The van der Waals surface area contributed by atoms with Gasteiger partial charge in [-0.15, -0.1) is 0 Å². The lowest BCUT2D eigenvalue weighted by atomic mass is 10.1. The van der Waals surface area contributed by atoms with Gasteiger partial charge in [-0.05, 0) is 24.3 Å². The maximum absolute atomic E-state index is 12.4. The van der Waals surface area contributed by atoms with Gasteiger partial charge in [-0.2, -0.15) is 0 Å². The number of nitrogens with one attached hydrogen (secondary N) is 3. The third-order valence-electron chi connectivity index (χ3n) is 3.80. The van der Waals surface area contributed by atoms with Gasteiger partial charge in [-0.1, -0.05) is 24.3 Å². The molecule has 7 heteroatoms. The number of amides is 2. The van der Waals surface area contributed by atoms with E-state index in [1.54, 1.807) is 12.4 Å². The number of pyridine rings is 1. The monoisotopic (exact) mass is 350 g/mol. The molecule has 0 radical (unpaired) electrons. The quantitative estimate of drug-likeness (QED) is 0.512. The molecule has 0 unspecified atom stereocenters. The van der Waals surface area contributed by atoms with E-state index in [4.69, 9.17) is 5.11 Å². The second kappa shape index (κ2) is 7.98. The van der Waals surface area contributed by atoms with E-state index in [1.807, 2.05) is 42.5 Å².